The molecule has 138 valence electrons. The SMILES string of the molecule is CCOC(=O)CN(Cc1cc(=O)oc2cc(NC(C)=O)ccc12)C1CC1. The van der Waals surface area contributed by atoms with Crippen LogP contribution in [0.4, 0.5) is 5.69 Å². The van der Waals surface area contributed by atoms with Gasteiger partial charge in [0.05, 0.1) is 13.2 Å². The van der Waals surface area contributed by atoms with Gasteiger partial charge in [0.2, 0.25) is 5.91 Å². The topological polar surface area (TPSA) is 88.8 Å². The van der Waals surface area contributed by atoms with Gasteiger partial charge in [-0.15, -0.1) is 0 Å². The maximum absolute atomic E-state index is 12.0. The summed E-state index contributed by atoms with van der Waals surface area (Å²) < 4.78 is 10.3. The molecule has 1 heterocycles. The largest absolute Gasteiger partial charge is 0.465 e. The summed E-state index contributed by atoms with van der Waals surface area (Å²) in [5, 5.41) is 3.46. The van der Waals surface area contributed by atoms with Crippen LogP contribution in [0.5, 0.6) is 0 Å². The first-order chi connectivity index (χ1) is 12.5. The number of anilines is 1. The van der Waals surface area contributed by atoms with Crippen LogP contribution in [-0.2, 0) is 20.9 Å². The second kappa shape index (κ2) is 7.70. The summed E-state index contributed by atoms with van der Waals surface area (Å²) >= 11 is 0. The highest BCUT2D eigenvalue weighted by Gasteiger charge is 2.31. The molecule has 2 aromatic rings. The molecule has 0 aliphatic heterocycles. The molecule has 1 amide bonds. The van der Waals surface area contributed by atoms with Crippen LogP contribution < -0.4 is 10.9 Å². The Bertz CT molecular complexity index is 885. The van der Waals surface area contributed by atoms with Crippen molar-refractivity contribution in [3.63, 3.8) is 0 Å². The lowest BCUT2D eigenvalue weighted by Gasteiger charge is -2.21. The average Bonchev–Trinajstić information content (AvgIpc) is 3.38. The summed E-state index contributed by atoms with van der Waals surface area (Å²) in [6, 6.07) is 7.00. The number of rotatable bonds is 7. The van der Waals surface area contributed by atoms with Crippen LogP contribution in [0.2, 0.25) is 0 Å². The van der Waals surface area contributed by atoms with Gasteiger partial charge in [-0.1, -0.05) is 0 Å². The molecule has 0 radical (unpaired) electrons. The zero-order valence-corrected chi connectivity index (χ0v) is 14.9. The van der Waals surface area contributed by atoms with E-state index < -0.39 is 5.63 Å². The highest BCUT2D eigenvalue weighted by molar-refractivity contribution is 5.92. The van der Waals surface area contributed by atoms with Crippen molar-refractivity contribution < 1.29 is 18.7 Å². The lowest BCUT2D eigenvalue weighted by atomic mass is 10.1. The van der Waals surface area contributed by atoms with Crippen LogP contribution in [0.25, 0.3) is 11.0 Å². The zero-order valence-electron chi connectivity index (χ0n) is 14.9. The first-order valence-electron chi connectivity index (χ1n) is 8.70. The van der Waals surface area contributed by atoms with E-state index in [4.69, 9.17) is 9.15 Å². The Morgan fingerprint density at radius 3 is 2.73 bits per heavy atom. The Labute approximate surface area is 150 Å². The Morgan fingerprint density at radius 2 is 2.08 bits per heavy atom. The third-order valence-corrected chi connectivity index (χ3v) is 4.22. The normalized spacial score (nSPS) is 13.8. The van der Waals surface area contributed by atoms with Gasteiger partial charge in [0.1, 0.15) is 5.58 Å². The predicted octanol–water partition coefficient (Wildman–Crippen LogP) is 2.28. The second-order valence-corrected chi connectivity index (χ2v) is 6.42. The Balaban J connectivity index is 1.89. The summed E-state index contributed by atoms with van der Waals surface area (Å²) in [5.74, 6) is -0.461. The van der Waals surface area contributed by atoms with E-state index in [1.54, 1.807) is 19.1 Å². The number of carbonyl (C=O) groups is 2. The minimum atomic E-state index is -0.459. The van der Waals surface area contributed by atoms with Crippen LogP contribution in [0.3, 0.4) is 0 Å². The van der Waals surface area contributed by atoms with Gasteiger partial charge in [0, 0.05) is 42.7 Å². The third kappa shape index (κ3) is 4.49. The maximum atomic E-state index is 12.0. The van der Waals surface area contributed by atoms with E-state index in [0.29, 0.717) is 30.5 Å². The molecule has 0 spiro atoms. The van der Waals surface area contributed by atoms with Crippen LogP contribution in [0.15, 0.2) is 33.5 Å². The van der Waals surface area contributed by atoms with Crippen molar-refractivity contribution in [1.29, 1.82) is 0 Å². The van der Waals surface area contributed by atoms with E-state index in [1.165, 1.54) is 13.0 Å². The third-order valence-electron chi connectivity index (χ3n) is 4.22. The summed E-state index contributed by atoms with van der Waals surface area (Å²) in [7, 11) is 0. The number of ether oxygens (including phenoxy) is 1. The van der Waals surface area contributed by atoms with Crippen molar-refractivity contribution in [3.8, 4) is 0 Å². The van der Waals surface area contributed by atoms with Crippen molar-refractivity contribution in [3.05, 3.63) is 40.2 Å². The number of nitrogens with one attached hydrogen (secondary N) is 1. The summed E-state index contributed by atoms with van der Waals surface area (Å²) in [4.78, 5) is 37.1. The minimum Gasteiger partial charge on any atom is -0.465 e. The van der Waals surface area contributed by atoms with Crippen LogP contribution in [0.1, 0.15) is 32.3 Å². The van der Waals surface area contributed by atoms with E-state index in [1.807, 2.05) is 11.0 Å². The minimum absolute atomic E-state index is 0.197. The van der Waals surface area contributed by atoms with Gasteiger partial charge in [0.15, 0.2) is 0 Å². The van der Waals surface area contributed by atoms with Gasteiger partial charge in [-0.25, -0.2) is 4.79 Å². The Kier molecular flexibility index (Phi) is 5.37. The van der Waals surface area contributed by atoms with E-state index in [0.717, 1.165) is 23.8 Å². The summed E-state index contributed by atoms with van der Waals surface area (Å²) in [5.41, 5.74) is 1.31. The quantitative estimate of drug-likeness (QED) is 0.603. The molecule has 26 heavy (non-hydrogen) atoms. The molecule has 0 unspecified atom stereocenters. The molecule has 1 saturated carbocycles. The fourth-order valence-corrected chi connectivity index (χ4v) is 2.99. The molecule has 7 heteroatoms. The average molecular weight is 358 g/mol. The van der Waals surface area contributed by atoms with Crippen LogP contribution >= 0.6 is 0 Å². The fourth-order valence-electron chi connectivity index (χ4n) is 2.99. The van der Waals surface area contributed by atoms with Crippen molar-refractivity contribution in [2.75, 3.05) is 18.5 Å². The molecule has 3 rings (SSSR count). The number of hydrogen-bond donors (Lipinski definition) is 1. The first-order valence-corrected chi connectivity index (χ1v) is 8.70. The predicted molar refractivity (Wildman–Crippen MR) is 96.9 cm³/mol. The lowest BCUT2D eigenvalue weighted by Crippen LogP contribution is -2.32. The van der Waals surface area contributed by atoms with Gasteiger partial charge in [-0.3, -0.25) is 14.5 Å². The van der Waals surface area contributed by atoms with Gasteiger partial charge in [-0.05, 0) is 37.5 Å². The van der Waals surface area contributed by atoms with Crippen molar-refractivity contribution in [1.82, 2.24) is 4.90 Å². The van der Waals surface area contributed by atoms with E-state index >= 15 is 0 Å². The lowest BCUT2D eigenvalue weighted by molar-refractivity contribution is -0.144. The molecule has 7 nitrogen and oxygen atoms in total. The molecular formula is C19H22N2O5. The van der Waals surface area contributed by atoms with Crippen LogP contribution in [-0.4, -0.2) is 36.0 Å². The smallest absolute Gasteiger partial charge is 0.336 e. The number of fused-ring (bicyclic) bond motifs is 1. The maximum Gasteiger partial charge on any atom is 0.336 e. The monoisotopic (exact) mass is 358 g/mol. The first kappa shape index (κ1) is 18.1. The number of benzene rings is 1. The van der Waals surface area contributed by atoms with Crippen molar-refractivity contribution >= 4 is 28.5 Å². The number of nitrogens with zero attached hydrogens (tertiary/aromatic N) is 1. The molecule has 1 N–H and O–H groups in total. The molecule has 0 saturated heterocycles. The molecule has 1 fully saturated rings. The van der Waals surface area contributed by atoms with Gasteiger partial charge < -0.3 is 14.5 Å². The number of carbonyl (C=O) groups excluding carboxylic acids is 2. The highest BCUT2D eigenvalue weighted by atomic mass is 16.5. The molecule has 1 aromatic carbocycles. The molecule has 1 aromatic heterocycles. The molecule has 1 aliphatic rings. The van der Waals surface area contributed by atoms with Gasteiger partial charge in [0.25, 0.3) is 0 Å². The Hall–Kier alpha value is -2.67. The molecular weight excluding hydrogens is 336 g/mol. The van der Waals surface area contributed by atoms with Gasteiger partial charge >= 0.3 is 11.6 Å². The molecule has 0 bridgehead atoms. The number of esters is 1. The standard InChI is InChI=1S/C19H22N2O5/c1-3-25-19(24)11-21(15-5-6-15)10-13-8-18(23)26-17-9-14(20-12(2)22)4-7-16(13)17/h4,7-9,15H,3,5-6,10-11H2,1-2H3,(H,20,22). The van der Waals surface area contributed by atoms with E-state index in [-0.39, 0.29) is 18.4 Å². The van der Waals surface area contributed by atoms with Crippen LogP contribution in [0, 0.1) is 0 Å². The van der Waals surface area contributed by atoms with Gasteiger partial charge in [-0.2, -0.15) is 0 Å². The van der Waals surface area contributed by atoms with E-state index in [9.17, 15) is 14.4 Å². The number of amides is 1. The highest BCUT2D eigenvalue weighted by Crippen LogP contribution is 2.30. The zero-order chi connectivity index (χ0) is 18.7. The van der Waals surface area contributed by atoms with Crippen molar-refractivity contribution in [2.45, 2.75) is 39.3 Å². The fraction of sp³-hybridized carbons (Fsp3) is 0.421. The Morgan fingerprint density at radius 1 is 1.31 bits per heavy atom. The number of hydrogen-bond acceptors (Lipinski definition) is 6. The molecule has 1 aliphatic carbocycles. The van der Waals surface area contributed by atoms with E-state index in [2.05, 4.69) is 5.32 Å². The van der Waals surface area contributed by atoms with Crippen molar-refractivity contribution in [2.24, 2.45) is 0 Å². The second-order valence-electron chi connectivity index (χ2n) is 6.42. The molecule has 0 atom stereocenters. The summed E-state index contributed by atoms with van der Waals surface area (Å²) in [6.07, 6.45) is 2.07. The summed E-state index contributed by atoms with van der Waals surface area (Å²) in [6.45, 7) is 4.21.